The summed E-state index contributed by atoms with van der Waals surface area (Å²) in [6, 6.07) is 11.8. The molecule has 14 heteroatoms. The fraction of sp³-hybridized carbons (Fsp3) is 0.487. The second-order valence-corrected chi connectivity index (χ2v) is 13.6. The van der Waals surface area contributed by atoms with Crippen molar-refractivity contribution in [1.29, 1.82) is 0 Å². The van der Waals surface area contributed by atoms with Gasteiger partial charge in [0, 0.05) is 31.5 Å². The molecular weight excluding hydrogens is 680 g/mol. The topological polar surface area (TPSA) is 190 Å². The predicted molar refractivity (Wildman–Crippen MR) is 197 cm³/mol. The van der Waals surface area contributed by atoms with Gasteiger partial charge < -0.3 is 40.6 Å². The molecule has 2 heterocycles. The van der Waals surface area contributed by atoms with Gasteiger partial charge in [-0.1, -0.05) is 55.4 Å². The standard InChI is InChI=1S/C39H52N6O8/c1-24(2)36-39(50)41-20-9-13-28-15-17-32(51-5)33(22-28)52-23-35(47)40-19-10-14-30(42-34(46)18-16-29-25(3)45-53-26(29)4)37(48)43-31(38(49)44-36)21-27-11-7-6-8-12-27/h6-8,11-12,15,17,22,24,30-31,36H,9-10,13-14,16,18-21,23H2,1-5H3,(H,40,47)(H,41,50)(H,42,46)(H,43,48)(H,44,49)/t30-,31-,36+/m0/s1. The van der Waals surface area contributed by atoms with Crippen molar-refractivity contribution in [3.05, 3.63) is 76.7 Å². The largest absolute Gasteiger partial charge is 0.493 e. The van der Waals surface area contributed by atoms with Gasteiger partial charge in [-0.3, -0.25) is 24.0 Å². The Balaban J connectivity index is 1.57. The molecule has 4 rings (SSSR count). The predicted octanol–water partition coefficient (Wildman–Crippen LogP) is 2.62. The number of rotatable bonds is 8. The SMILES string of the molecule is COc1ccc2cc1OCC(=O)NCCC[C@H](NC(=O)CCc1c(C)noc1C)C(=O)N[C@@H](Cc1ccccc1)C(=O)N[C@H](C(C)C)C(=O)NCCC2. The highest BCUT2D eigenvalue weighted by molar-refractivity contribution is 5.94. The first-order valence-corrected chi connectivity index (χ1v) is 18.1. The first kappa shape index (κ1) is 40.4. The summed E-state index contributed by atoms with van der Waals surface area (Å²) in [7, 11) is 1.52. The molecule has 5 amide bonds. The highest BCUT2D eigenvalue weighted by Crippen LogP contribution is 2.28. The van der Waals surface area contributed by atoms with Crippen LogP contribution in [0.5, 0.6) is 11.5 Å². The van der Waals surface area contributed by atoms with Gasteiger partial charge in [0.2, 0.25) is 23.6 Å². The number of nitrogens with zero attached hydrogens (tertiary/aromatic N) is 1. The van der Waals surface area contributed by atoms with E-state index < -0.39 is 29.9 Å². The summed E-state index contributed by atoms with van der Waals surface area (Å²) in [6.45, 7) is 7.55. The number of amides is 5. The van der Waals surface area contributed by atoms with E-state index in [1.165, 1.54) is 7.11 Å². The van der Waals surface area contributed by atoms with Crippen molar-refractivity contribution in [2.24, 2.45) is 5.92 Å². The third-order valence-corrected chi connectivity index (χ3v) is 9.12. The first-order valence-electron chi connectivity index (χ1n) is 18.1. The summed E-state index contributed by atoms with van der Waals surface area (Å²) in [4.78, 5) is 67.2. The van der Waals surface area contributed by atoms with Gasteiger partial charge in [-0.25, -0.2) is 0 Å². The number of aromatic nitrogens is 1. The van der Waals surface area contributed by atoms with Crippen LogP contribution >= 0.6 is 0 Å². The molecule has 14 nitrogen and oxygen atoms in total. The van der Waals surface area contributed by atoms with Crippen LogP contribution in [-0.2, 0) is 43.2 Å². The van der Waals surface area contributed by atoms with Gasteiger partial charge in [0.1, 0.15) is 23.9 Å². The minimum Gasteiger partial charge on any atom is -0.493 e. The van der Waals surface area contributed by atoms with Crippen LogP contribution in [-0.4, -0.2) is 79.6 Å². The van der Waals surface area contributed by atoms with Crippen LogP contribution in [0.1, 0.15) is 67.7 Å². The fourth-order valence-corrected chi connectivity index (χ4v) is 6.08. The molecule has 0 saturated heterocycles. The fourth-order valence-electron chi connectivity index (χ4n) is 6.08. The normalized spacial score (nSPS) is 19.7. The van der Waals surface area contributed by atoms with Crippen molar-refractivity contribution in [2.75, 3.05) is 26.8 Å². The Morgan fingerprint density at radius 1 is 0.962 bits per heavy atom. The Hall–Kier alpha value is -5.40. The molecule has 1 aliphatic rings. The van der Waals surface area contributed by atoms with Crippen molar-refractivity contribution in [1.82, 2.24) is 31.7 Å². The number of hydrogen-bond donors (Lipinski definition) is 5. The van der Waals surface area contributed by atoms with Gasteiger partial charge in [0.25, 0.3) is 5.91 Å². The molecule has 2 bridgehead atoms. The van der Waals surface area contributed by atoms with Gasteiger partial charge in [-0.05, 0) is 75.1 Å². The zero-order valence-corrected chi connectivity index (χ0v) is 31.2. The molecule has 1 aromatic heterocycles. The van der Waals surface area contributed by atoms with Crippen LogP contribution in [0.15, 0.2) is 53.1 Å². The smallest absolute Gasteiger partial charge is 0.257 e. The molecule has 5 N–H and O–H groups in total. The quantitative estimate of drug-likeness (QED) is 0.232. The van der Waals surface area contributed by atoms with Crippen LogP contribution in [0, 0.1) is 19.8 Å². The minimum absolute atomic E-state index is 0.0739. The number of carbonyl (C=O) groups excluding carboxylic acids is 5. The number of hydrogen-bond acceptors (Lipinski definition) is 9. The molecule has 286 valence electrons. The summed E-state index contributed by atoms with van der Waals surface area (Å²) in [5.41, 5.74) is 3.25. The number of ether oxygens (including phenoxy) is 2. The number of nitrogens with one attached hydrogen (secondary N) is 5. The van der Waals surface area contributed by atoms with Crippen molar-refractivity contribution >= 4 is 29.5 Å². The molecule has 0 fully saturated rings. The van der Waals surface area contributed by atoms with E-state index in [2.05, 4.69) is 31.7 Å². The van der Waals surface area contributed by atoms with Gasteiger partial charge in [-0.15, -0.1) is 0 Å². The van der Waals surface area contributed by atoms with Crippen LogP contribution in [0.25, 0.3) is 0 Å². The highest BCUT2D eigenvalue weighted by atomic mass is 16.5. The summed E-state index contributed by atoms with van der Waals surface area (Å²) < 4.78 is 16.4. The monoisotopic (exact) mass is 732 g/mol. The van der Waals surface area contributed by atoms with E-state index in [9.17, 15) is 24.0 Å². The second-order valence-electron chi connectivity index (χ2n) is 13.6. The number of carbonyl (C=O) groups is 5. The van der Waals surface area contributed by atoms with Crippen molar-refractivity contribution < 1.29 is 38.0 Å². The number of aryl methyl sites for hydroxylation is 3. The molecular formula is C39H52N6O8. The Labute approximate surface area is 310 Å². The maximum atomic E-state index is 13.9. The molecule has 3 atom stereocenters. The first-order chi connectivity index (χ1) is 25.4. The van der Waals surface area contributed by atoms with Crippen LogP contribution in [0.3, 0.4) is 0 Å². The maximum absolute atomic E-state index is 13.9. The van der Waals surface area contributed by atoms with Crippen LogP contribution in [0.4, 0.5) is 0 Å². The van der Waals surface area contributed by atoms with Crippen LogP contribution in [0.2, 0.25) is 0 Å². The van der Waals surface area contributed by atoms with Gasteiger partial charge >= 0.3 is 0 Å². The Morgan fingerprint density at radius 2 is 1.72 bits per heavy atom. The third-order valence-electron chi connectivity index (χ3n) is 9.12. The molecule has 3 aromatic rings. The average Bonchev–Trinajstić information content (AvgIpc) is 3.46. The number of fused-ring (bicyclic) bond motifs is 2. The van der Waals surface area contributed by atoms with E-state index in [4.69, 9.17) is 14.0 Å². The lowest BCUT2D eigenvalue weighted by atomic mass is 10.00. The van der Waals surface area contributed by atoms with E-state index in [1.54, 1.807) is 19.9 Å². The van der Waals surface area contributed by atoms with E-state index in [0.717, 1.165) is 16.7 Å². The van der Waals surface area contributed by atoms with E-state index in [0.29, 0.717) is 55.2 Å². The van der Waals surface area contributed by atoms with Gasteiger partial charge in [0.15, 0.2) is 18.1 Å². The van der Waals surface area contributed by atoms with Crippen molar-refractivity contribution in [3.8, 4) is 11.5 Å². The Kier molecular flexibility index (Phi) is 15.2. The Bertz CT molecular complexity index is 1690. The summed E-state index contributed by atoms with van der Waals surface area (Å²) in [5, 5.41) is 18.2. The number of methoxy groups -OCH3 is 1. The molecule has 0 unspecified atom stereocenters. The lowest BCUT2D eigenvalue weighted by Gasteiger charge is -2.27. The highest BCUT2D eigenvalue weighted by Gasteiger charge is 2.31. The lowest BCUT2D eigenvalue weighted by molar-refractivity contribution is -0.134. The lowest BCUT2D eigenvalue weighted by Crippen LogP contribution is -2.58. The summed E-state index contributed by atoms with van der Waals surface area (Å²) in [6.07, 6.45) is 2.31. The summed E-state index contributed by atoms with van der Waals surface area (Å²) >= 11 is 0. The second kappa shape index (κ2) is 20.0. The molecule has 0 aliphatic carbocycles. The molecule has 1 aliphatic heterocycles. The van der Waals surface area contributed by atoms with Crippen LogP contribution < -0.4 is 36.1 Å². The van der Waals surface area contributed by atoms with E-state index >= 15 is 0 Å². The Morgan fingerprint density at radius 3 is 2.42 bits per heavy atom. The van der Waals surface area contributed by atoms with Gasteiger partial charge in [0.05, 0.1) is 12.8 Å². The molecule has 2 aromatic carbocycles. The third kappa shape index (κ3) is 12.4. The zero-order valence-electron chi connectivity index (χ0n) is 31.2. The molecule has 0 spiro atoms. The molecule has 0 saturated carbocycles. The van der Waals surface area contributed by atoms with E-state index in [1.807, 2.05) is 56.3 Å². The number of benzene rings is 2. The van der Waals surface area contributed by atoms with Crippen molar-refractivity contribution in [2.45, 2.75) is 90.8 Å². The maximum Gasteiger partial charge on any atom is 0.257 e. The zero-order chi connectivity index (χ0) is 38.3. The minimum atomic E-state index is -1.06. The average molecular weight is 733 g/mol. The van der Waals surface area contributed by atoms with E-state index in [-0.39, 0.29) is 56.1 Å². The molecule has 0 radical (unpaired) electrons. The van der Waals surface area contributed by atoms with Crippen molar-refractivity contribution in [3.63, 3.8) is 0 Å². The van der Waals surface area contributed by atoms with Gasteiger partial charge in [-0.2, -0.15) is 0 Å². The summed E-state index contributed by atoms with van der Waals surface area (Å²) in [5.74, 6) is -0.921. The molecule has 53 heavy (non-hydrogen) atoms.